The van der Waals surface area contributed by atoms with Gasteiger partial charge in [-0.3, -0.25) is 14.5 Å². The number of carbonyl (C=O) groups is 2. The standard InChI is InChI=1S/C59H91N3O3/c1-3-5-7-9-11-13-15-17-19-21-23-25-27-29-31-36-47-55(63)60-59-61(56(64)48-37-32-30-28-26-24-22-20-18-16-14-12-10-8-6-4-2)57(50-41-34-33-35-42-50)53-45-40-44-52-49-51-43-38-39-46-54(51)62(65-59)58(52)53/h33-35,38-46,57,59H,3-32,36-37,47-49H2,1-2H3,(H,60,63). The smallest absolute Gasteiger partial charge is 0.237 e. The molecule has 0 saturated heterocycles. The van der Waals surface area contributed by atoms with Crippen molar-refractivity contribution in [2.75, 3.05) is 5.06 Å². The molecule has 2 atom stereocenters. The van der Waals surface area contributed by atoms with Gasteiger partial charge in [-0.15, -0.1) is 0 Å². The van der Waals surface area contributed by atoms with Crippen molar-refractivity contribution >= 4 is 23.2 Å². The van der Waals surface area contributed by atoms with Crippen LogP contribution in [-0.2, 0) is 20.8 Å². The predicted molar refractivity (Wildman–Crippen MR) is 274 cm³/mol. The largest absolute Gasteiger partial charge is 0.311 e. The van der Waals surface area contributed by atoms with Crippen LogP contribution in [0.25, 0.3) is 0 Å². The number of carbonyl (C=O) groups excluding carboxylic acids is 2. The molecule has 0 radical (unpaired) electrons. The first-order valence-electron chi connectivity index (χ1n) is 27.4. The minimum atomic E-state index is -0.964. The average Bonchev–Trinajstić information content (AvgIpc) is 3.47. The number of fused-ring (bicyclic) bond motifs is 2. The van der Waals surface area contributed by atoms with Gasteiger partial charge in [-0.25, -0.2) is 9.90 Å². The van der Waals surface area contributed by atoms with Gasteiger partial charge in [0.25, 0.3) is 0 Å². The van der Waals surface area contributed by atoms with E-state index in [9.17, 15) is 9.59 Å². The van der Waals surface area contributed by atoms with E-state index in [1.165, 1.54) is 173 Å². The zero-order valence-electron chi connectivity index (χ0n) is 41.5. The molecule has 5 rings (SSSR count). The van der Waals surface area contributed by atoms with Gasteiger partial charge in [-0.05, 0) is 35.6 Å². The number of unbranched alkanes of at least 4 members (excludes halogenated alkanes) is 30. The predicted octanol–water partition coefficient (Wildman–Crippen LogP) is 17.3. The lowest BCUT2D eigenvalue weighted by Gasteiger charge is -2.37. The molecule has 0 spiro atoms. The molecule has 0 fully saturated rings. The van der Waals surface area contributed by atoms with Crippen LogP contribution < -0.4 is 10.4 Å². The molecule has 6 heteroatoms. The number of benzene rings is 3. The lowest BCUT2D eigenvalue weighted by molar-refractivity contribution is -0.157. The van der Waals surface area contributed by atoms with Crippen LogP contribution in [0.2, 0.25) is 0 Å². The average molecular weight is 890 g/mol. The Morgan fingerprint density at radius 3 is 1.43 bits per heavy atom. The second-order valence-corrected chi connectivity index (χ2v) is 19.7. The van der Waals surface area contributed by atoms with Crippen molar-refractivity contribution in [2.45, 2.75) is 251 Å². The molecule has 6 nitrogen and oxygen atoms in total. The molecular formula is C59H91N3O3. The number of anilines is 2. The topological polar surface area (TPSA) is 61.9 Å². The molecular weight excluding hydrogens is 799 g/mol. The van der Waals surface area contributed by atoms with E-state index in [0.29, 0.717) is 12.8 Å². The Bertz CT molecular complexity index is 1730. The van der Waals surface area contributed by atoms with Gasteiger partial charge in [0.05, 0.1) is 17.4 Å². The van der Waals surface area contributed by atoms with E-state index in [2.05, 4.69) is 67.7 Å². The Morgan fingerprint density at radius 1 is 0.492 bits per heavy atom. The molecule has 360 valence electrons. The zero-order valence-corrected chi connectivity index (χ0v) is 41.5. The summed E-state index contributed by atoms with van der Waals surface area (Å²) in [5.74, 6) is -0.0495. The molecule has 0 bridgehead atoms. The van der Waals surface area contributed by atoms with Gasteiger partial charge in [0.2, 0.25) is 18.2 Å². The highest BCUT2D eigenvalue weighted by atomic mass is 16.7. The minimum Gasteiger partial charge on any atom is -0.311 e. The summed E-state index contributed by atoms with van der Waals surface area (Å²) in [4.78, 5) is 37.6. The van der Waals surface area contributed by atoms with Gasteiger partial charge in [0, 0.05) is 24.8 Å². The molecule has 2 amide bonds. The number of para-hydroxylation sites is 2. The van der Waals surface area contributed by atoms with Crippen molar-refractivity contribution in [2.24, 2.45) is 0 Å². The molecule has 2 aliphatic rings. The normalized spacial score (nSPS) is 15.4. The maximum Gasteiger partial charge on any atom is 0.237 e. The Hall–Kier alpha value is -3.64. The van der Waals surface area contributed by atoms with Crippen LogP contribution >= 0.6 is 0 Å². The fourth-order valence-electron chi connectivity index (χ4n) is 10.3. The number of nitrogens with one attached hydrogen (secondary N) is 1. The molecule has 2 heterocycles. The number of hydrogen-bond donors (Lipinski definition) is 1. The monoisotopic (exact) mass is 890 g/mol. The molecule has 3 aromatic carbocycles. The van der Waals surface area contributed by atoms with E-state index in [1.54, 1.807) is 0 Å². The second kappa shape index (κ2) is 32.1. The first-order chi connectivity index (χ1) is 32.1. The van der Waals surface area contributed by atoms with Crippen molar-refractivity contribution in [1.29, 1.82) is 0 Å². The van der Waals surface area contributed by atoms with Crippen LogP contribution in [-0.4, -0.2) is 23.1 Å². The highest BCUT2D eigenvalue weighted by molar-refractivity contribution is 5.82. The zero-order chi connectivity index (χ0) is 45.6. The van der Waals surface area contributed by atoms with Gasteiger partial charge < -0.3 is 5.32 Å². The van der Waals surface area contributed by atoms with Crippen molar-refractivity contribution in [3.63, 3.8) is 0 Å². The molecule has 0 aliphatic carbocycles. The maximum atomic E-state index is 14.8. The lowest BCUT2D eigenvalue weighted by atomic mass is 9.89. The van der Waals surface area contributed by atoms with E-state index in [1.807, 2.05) is 34.2 Å². The fraction of sp³-hybridized carbons (Fsp3) is 0.661. The van der Waals surface area contributed by atoms with E-state index in [-0.39, 0.29) is 11.8 Å². The summed E-state index contributed by atoms with van der Waals surface area (Å²) < 4.78 is 0. The van der Waals surface area contributed by atoms with Gasteiger partial charge in [0.15, 0.2) is 0 Å². The van der Waals surface area contributed by atoms with Gasteiger partial charge in [0.1, 0.15) is 0 Å². The maximum absolute atomic E-state index is 14.8. The van der Waals surface area contributed by atoms with Gasteiger partial charge in [-0.1, -0.05) is 273 Å². The third kappa shape index (κ3) is 18.5. The Labute approximate surface area is 397 Å². The SMILES string of the molecule is CCCCCCCCCCCCCCCCCCC(=O)NC1ON2c3ccccc3Cc3cccc(c32)C(c2ccccc2)N1C(=O)CCCCCCCCCCCCCCCCCC. The Morgan fingerprint density at radius 2 is 0.923 bits per heavy atom. The Kier molecular flexibility index (Phi) is 25.9. The Balaban J connectivity index is 1.13. The molecule has 0 aromatic heterocycles. The molecule has 2 unspecified atom stereocenters. The minimum absolute atomic E-state index is 0.0164. The van der Waals surface area contributed by atoms with Crippen molar-refractivity contribution in [1.82, 2.24) is 10.2 Å². The number of hydrogen-bond acceptors (Lipinski definition) is 4. The fourth-order valence-corrected chi connectivity index (χ4v) is 10.3. The van der Waals surface area contributed by atoms with Gasteiger partial charge in [-0.2, -0.15) is 0 Å². The molecule has 3 aromatic rings. The molecule has 1 N–H and O–H groups in total. The molecule has 2 aliphatic heterocycles. The third-order valence-electron chi connectivity index (χ3n) is 14.2. The summed E-state index contributed by atoms with van der Waals surface area (Å²) in [6.07, 6.45) is 42.1. The number of amides is 2. The van der Waals surface area contributed by atoms with E-state index < -0.39 is 12.4 Å². The summed E-state index contributed by atoms with van der Waals surface area (Å²) >= 11 is 0. The summed E-state index contributed by atoms with van der Waals surface area (Å²) in [6.45, 7) is 4.58. The number of rotatable bonds is 36. The van der Waals surface area contributed by atoms with Crippen molar-refractivity contribution in [3.8, 4) is 0 Å². The van der Waals surface area contributed by atoms with E-state index in [4.69, 9.17) is 4.84 Å². The third-order valence-corrected chi connectivity index (χ3v) is 14.2. The van der Waals surface area contributed by atoms with Crippen LogP contribution in [0, 0.1) is 0 Å². The summed E-state index contributed by atoms with van der Waals surface area (Å²) in [5, 5.41) is 5.19. The van der Waals surface area contributed by atoms with E-state index in [0.717, 1.165) is 73.0 Å². The van der Waals surface area contributed by atoms with Crippen molar-refractivity contribution < 1.29 is 14.4 Å². The lowest BCUT2D eigenvalue weighted by Crippen LogP contribution is -2.54. The van der Waals surface area contributed by atoms with Gasteiger partial charge >= 0.3 is 0 Å². The first kappa shape index (κ1) is 52.3. The van der Waals surface area contributed by atoms with Crippen LogP contribution in [0.5, 0.6) is 0 Å². The quantitative estimate of drug-likeness (QED) is 0.0591. The summed E-state index contributed by atoms with van der Waals surface area (Å²) in [6, 6.07) is 24.7. The van der Waals surface area contributed by atoms with Crippen LogP contribution in [0.15, 0.2) is 72.8 Å². The van der Waals surface area contributed by atoms with Crippen LogP contribution in [0.1, 0.15) is 260 Å². The highest BCUT2D eigenvalue weighted by Gasteiger charge is 2.43. The molecule has 0 saturated carbocycles. The summed E-state index contributed by atoms with van der Waals surface area (Å²) in [5.41, 5.74) is 6.31. The number of nitrogens with zero attached hydrogens (tertiary/aromatic N) is 2. The first-order valence-corrected chi connectivity index (χ1v) is 27.4. The van der Waals surface area contributed by atoms with Crippen LogP contribution in [0.3, 0.4) is 0 Å². The van der Waals surface area contributed by atoms with E-state index >= 15 is 0 Å². The second-order valence-electron chi connectivity index (χ2n) is 19.7. The highest BCUT2D eigenvalue weighted by Crippen LogP contribution is 2.48. The van der Waals surface area contributed by atoms with Crippen LogP contribution in [0.4, 0.5) is 11.4 Å². The van der Waals surface area contributed by atoms with Crippen molar-refractivity contribution in [3.05, 3.63) is 95.1 Å². The summed E-state index contributed by atoms with van der Waals surface area (Å²) in [7, 11) is 0. The molecule has 65 heavy (non-hydrogen) atoms.